The topological polar surface area (TPSA) is 79.6 Å². The number of hydrogen-bond donors (Lipinski definition) is 2. The number of guanidine groups is 1. The predicted molar refractivity (Wildman–Crippen MR) is 122 cm³/mol. The van der Waals surface area contributed by atoms with Crippen LogP contribution in [0.5, 0.6) is 0 Å². The largest absolute Gasteiger partial charge is 0.351 e. The first-order valence-corrected chi connectivity index (χ1v) is 9.77. The lowest BCUT2D eigenvalue weighted by Crippen LogP contribution is -2.36. The first kappa shape index (κ1) is 21.3. The van der Waals surface area contributed by atoms with Crippen LogP contribution in [0.4, 0.5) is 5.69 Å². The van der Waals surface area contributed by atoms with Crippen LogP contribution >= 0.6 is 46.7 Å². The summed E-state index contributed by atoms with van der Waals surface area (Å²) >= 11 is 3.38. The number of nitrogens with one attached hydrogen (secondary N) is 2. The highest BCUT2D eigenvalue weighted by Crippen LogP contribution is 2.13. The molecule has 2 heterocycles. The molecule has 0 atom stereocenters. The van der Waals surface area contributed by atoms with Crippen molar-refractivity contribution in [2.24, 2.45) is 4.99 Å². The summed E-state index contributed by atoms with van der Waals surface area (Å²) in [5.74, 6) is 0.713. The smallest absolute Gasteiger partial charge is 0.269 e. The van der Waals surface area contributed by atoms with Gasteiger partial charge in [0.2, 0.25) is 0 Å². The first-order chi connectivity index (χ1) is 12.7. The minimum Gasteiger partial charge on any atom is -0.351 e. The Balaban J connectivity index is 0.00000261. The van der Waals surface area contributed by atoms with Crippen molar-refractivity contribution in [2.45, 2.75) is 19.6 Å². The van der Waals surface area contributed by atoms with Crippen molar-refractivity contribution in [1.82, 2.24) is 10.6 Å². The van der Waals surface area contributed by atoms with Crippen LogP contribution in [0.25, 0.3) is 0 Å². The van der Waals surface area contributed by atoms with E-state index in [1.54, 1.807) is 34.8 Å². The van der Waals surface area contributed by atoms with Crippen molar-refractivity contribution < 1.29 is 4.92 Å². The quantitative estimate of drug-likeness (QED) is 0.157. The Bertz CT molecular complexity index is 810. The van der Waals surface area contributed by atoms with Gasteiger partial charge in [-0.15, -0.1) is 46.7 Å². The summed E-state index contributed by atoms with van der Waals surface area (Å²) < 4.78 is 0. The number of halogens is 1. The number of benzene rings is 1. The van der Waals surface area contributed by atoms with E-state index >= 15 is 0 Å². The van der Waals surface area contributed by atoms with Gasteiger partial charge in [-0.05, 0) is 28.5 Å². The number of nitrogens with zero attached hydrogens (tertiary/aromatic N) is 2. The van der Waals surface area contributed by atoms with E-state index in [1.165, 1.54) is 21.9 Å². The van der Waals surface area contributed by atoms with Crippen molar-refractivity contribution in [1.29, 1.82) is 0 Å². The molecule has 0 saturated carbocycles. The summed E-state index contributed by atoms with van der Waals surface area (Å²) in [5, 5.41) is 21.5. The minimum atomic E-state index is -0.399. The molecule has 9 heteroatoms. The lowest BCUT2D eigenvalue weighted by atomic mass is 10.2. The fourth-order valence-electron chi connectivity index (χ4n) is 2.24. The molecule has 6 nitrogen and oxygen atoms in total. The maximum Gasteiger partial charge on any atom is 0.269 e. The van der Waals surface area contributed by atoms with Crippen molar-refractivity contribution in [3.63, 3.8) is 0 Å². The lowest BCUT2D eigenvalue weighted by Gasteiger charge is -2.11. The Labute approximate surface area is 182 Å². The van der Waals surface area contributed by atoms with E-state index < -0.39 is 4.92 Å². The molecule has 0 fully saturated rings. The molecule has 0 aliphatic rings. The van der Waals surface area contributed by atoms with Gasteiger partial charge in [0.1, 0.15) is 0 Å². The number of non-ortho nitro benzene ring substituents is 1. The SMILES string of the molecule is I.O=[N+]([O-])c1ccc(CN=C(NCc2cccs2)NCc2cccs2)cc1. The molecular weight excluding hydrogens is 495 g/mol. The van der Waals surface area contributed by atoms with Gasteiger partial charge in [-0.3, -0.25) is 10.1 Å². The molecule has 0 saturated heterocycles. The lowest BCUT2D eigenvalue weighted by molar-refractivity contribution is -0.384. The van der Waals surface area contributed by atoms with Gasteiger partial charge in [-0.2, -0.15) is 0 Å². The van der Waals surface area contributed by atoms with Crippen molar-refractivity contribution >= 4 is 58.3 Å². The van der Waals surface area contributed by atoms with E-state index in [0.29, 0.717) is 25.6 Å². The molecule has 1 aromatic carbocycles. The molecule has 3 rings (SSSR count). The molecule has 0 unspecified atom stereocenters. The molecule has 0 aliphatic carbocycles. The van der Waals surface area contributed by atoms with Crippen LogP contribution in [0.3, 0.4) is 0 Å². The number of aliphatic imine (C=N–C) groups is 1. The summed E-state index contributed by atoms with van der Waals surface area (Å²) in [7, 11) is 0. The van der Waals surface area contributed by atoms with Gasteiger partial charge >= 0.3 is 0 Å². The average molecular weight is 514 g/mol. The molecule has 0 radical (unpaired) electrons. The van der Waals surface area contributed by atoms with E-state index in [2.05, 4.69) is 27.8 Å². The third-order valence-electron chi connectivity index (χ3n) is 3.59. The molecule has 0 aliphatic heterocycles. The molecule has 2 aromatic heterocycles. The number of hydrogen-bond acceptors (Lipinski definition) is 5. The van der Waals surface area contributed by atoms with Crippen LogP contribution in [0.2, 0.25) is 0 Å². The van der Waals surface area contributed by atoms with Gasteiger partial charge in [0.25, 0.3) is 5.69 Å². The van der Waals surface area contributed by atoms with Gasteiger partial charge in [-0.1, -0.05) is 24.3 Å². The second kappa shape index (κ2) is 11.0. The van der Waals surface area contributed by atoms with E-state index in [9.17, 15) is 10.1 Å². The van der Waals surface area contributed by atoms with Gasteiger partial charge in [0, 0.05) is 21.9 Å². The Morgan fingerprint density at radius 3 is 1.96 bits per heavy atom. The molecular formula is C18H19IN4O2S2. The Hall–Kier alpha value is -1.98. The zero-order chi connectivity index (χ0) is 18.2. The Kier molecular flexibility index (Phi) is 8.69. The summed E-state index contributed by atoms with van der Waals surface area (Å²) in [6.07, 6.45) is 0. The summed E-state index contributed by atoms with van der Waals surface area (Å²) in [6, 6.07) is 14.7. The summed E-state index contributed by atoms with van der Waals surface area (Å²) in [5.41, 5.74) is 1.01. The highest BCUT2D eigenvalue weighted by atomic mass is 127. The van der Waals surface area contributed by atoms with Gasteiger partial charge in [-0.25, -0.2) is 4.99 Å². The zero-order valence-corrected chi connectivity index (χ0v) is 18.3. The van der Waals surface area contributed by atoms with E-state index in [0.717, 1.165) is 5.56 Å². The molecule has 142 valence electrons. The molecule has 0 amide bonds. The van der Waals surface area contributed by atoms with Crippen molar-refractivity contribution in [2.75, 3.05) is 0 Å². The van der Waals surface area contributed by atoms with Crippen LogP contribution < -0.4 is 10.6 Å². The third kappa shape index (κ3) is 6.92. The first-order valence-electron chi connectivity index (χ1n) is 8.01. The van der Waals surface area contributed by atoms with Crippen molar-refractivity contribution in [3.05, 3.63) is 84.7 Å². The van der Waals surface area contributed by atoms with Crippen LogP contribution in [-0.4, -0.2) is 10.9 Å². The molecule has 0 spiro atoms. The maximum absolute atomic E-state index is 10.7. The summed E-state index contributed by atoms with van der Waals surface area (Å²) in [4.78, 5) is 17.4. The van der Waals surface area contributed by atoms with Gasteiger partial charge < -0.3 is 10.6 Å². The zero-order valence-electron chi connectivity index (χ0n) is 14.3. The van der Waals surface area contributed by atoms with Crippen LogP contribution in [-0.2, 0) is 19.6 Å². The van der Waals surface area contributed by atoms with Crippen LogP contribution in [0, 0.1) is 10.1 Å². The van der Waals surface area contributed by atoms with Crippen LogP contribution in [0.1, 0.15) is 15.3 Å². The number of rotatable bonds is 7. The highest BCUT2D eigenvalue weighted by Gasteiger charge is 2.05. The third-order valence-corrected chi connectivity index (χ3v) is 5.34. The second-order valence-corrected chi connectivity index (χ2v) is 7.52. The molecule has 27 heavy (non-hydrogen) atoms. The number of nitro groups is 1. The van der Waals surface area contributed by atoms with E-state index in [-0.39, 0.29) is 29.7 Å². The normalized spacial score (nSPS) is 9.93. The van der Waals surface area contributed by atoms with Gasteiger partial charge in [0.15, 0.2) is 5.96 Å². The highest BCUT2D eigenvalue weighted by molar-refractivity contribution is 14.0. The second-order valence-electron chi connectivity index (χ2n) is 5.45. The fourth-order valence-corrected chi connectivity index (χ4v) is 3.52. The molecule has 2 N–H and O–H groups in total. The molecule has 0 bridgehead atoms. The Morgan fingerprint density at radius 2 is 1.52 bits per heavy atom. The average Bonchev–Trinajstić information content (AvgIpc) is 3.35. The predicted octanol–water partition coefficient (Wildman–Crippen LogP) is 4.77. The van der Waals surface area contributed by atoms with E-state index in [1.807, 2.05) is 22.9 Å². The molecule has 3 aromatic rings. The van der Waals surface area contributed by atoms with E-state index in [4.69, 9.17) is 0 Å². The minimum absolute atomic E-state index is 0. The Morgan fingerprint density at radius 1 is 0.963 bits per heavy atom. The maximum atomic E-state index is 10.7. The monoisotopic (exact) mass is 514 g/mol. The number of thiophene rings is 2. The van der Waals surface area contributed by atoms with Crippen molar-refractivity contribution in [3.8, 4) is 0 Å². The standard InChI is InChI=1S/C18H18N4O2S2.HI/c23-22(24)15-7-5-14(6-8-15)11-19-18(20-12-16-3-1-9-25-16)21-13-17-4-2-10-26-17;/h1-10H,11-13H2,(H2,19,20,21);1H. The fraction of sp³-hybridized carbons (Fsp3) is 0.167. The van der Waals surface area contributed by atoms with Gasteiger partial charge in [0.05, 0.1) is 24.6 Å². The van der Waals surface area contributed by atoms with Crippen LogP contribution in [0.15, 0.2) is 64.3 Å². The summed E-state index contributed by atoms with van der Waals surface area (Å²) in [6.45, 7) is 1.85. The number of nitro benzene ring substituents is 1.